The van der Waals surface area contributed by atoms with E-state index in [2.05, 4.69) is 38.4 Å². The second-order valence-electron chi connectivity index (χ2n) is 7.99. The van der Waals surface area contributed by atoms with Gasteiger partial charge in [-0.25, -0.2) is 4.67 Å². The molecular weight excluding hydrogens is 307 g/mol. The van der Waals surface area contributed by atoms with Crippen LogP contribution >= 0.6 is 8.53 Å². The zero-order valence-electron chi connectivity index (χ0n) is 14.9. The molecule has 3 fully saturated rings. The van der Waals surface area contributed by atoms with Gasteiger partial charge in [-0.2, -0.15) is 5.26 Å². The summed E-state index contributed by atoms with van der Waals surface area (Å²) in [5, 5.41) is 8.76. The van der Waals surface area contributed by atoms with Crippen LogP contribution in [-0.4, -0.2) is 30.0 Å². The van der Waals surface area contributed by atoms with Gasteiger partial charge >= 0.3 is 0 Å². The molecule has 0 heterocycles. The Labute approximate surface area is 142 Å². The lowest BCUT2D eigenvalue weighted by atomic mass is 10.0. The van der Waals surface area contributed by atoms with Crippen LogP contribution in [0.15, 0.2) is 0 Å². The molecule has 0 amide bonds. The first-order valence-electron chi connectivity index (χ1n) is 9.25. The average molecular weight is 338 g/mol. The number of hydrogen-bond acceptors (Lipinski definition) is 4. The minimum atomic E-state index is -1.05. The van der Waals surface area contributed by atoms with Crippen LogP contribution in [0.25, 0.3) is 0 Å². The van der Waals surface area contributed by atoms with Crippen molar-refractivity contribution in [2.24, 2.45) is 29.6 Å². The highest BCUT2D eigenvalue weighted by Crippen LogP contribution is 2.69. The first-order valence-corrected chi connectivity index (χ1v) is 10.4. The molecule has 5 atom stereocenters. The van der Waals surface area contributed by atoms with Crippen LogP contribution in [0, 0.1) is 40.9 Å². The van der Waals surface area contributed by atoms with E-state index in [0.29, 0.717) is 25.1 Å². The largest absolute Gasteiger partial charge is 0.322 e. The van der Waals surface area contributed by atoms with Gasteiger partial charge < -0.3 is 9.05 Å². The van der Waals surface area contributed by atoms with Gasteiger partial charge in [-0.1, -0.05) is 0 Å². The number of nitriles is 1. The summed E-state index contributed by atoms with van der Waals surface area (Å²) < 4.78 is 14.6. The van der Waals surface area contributed by atoms with E-state index in [-0.39, 0.29) is 0 Å². The normalized spacial score (nSPS) is 35.8. The van der Waals surface area contributed by atoms with Gasteiger partial charge in [-0.05, 0) is 76.5 Å². The lowest BCUT2D eigenvalue weighted by Gasteiger charge is -2.35. The maximum absolute atomic E-state index is 8.76. The SMILES string of the molecule is CC(C)N(C(C)C)P(OCCC#N)OCC1C2C3CCC(C3)C12. The molecule has 0 aromatic rings. The van der Waals surface area contributed by atoms with Gasteiger partial charge in [0.05, 0.1) is 25.7 Å². The highest BCUT2D eigenvalue weighted by atomic mass is 31.2. The van der Waals surface area contributed by atoms with E-state index < -0.39 is 8.53 Å². The first kappa shape index (κ1) is 17.6. The standard InChI is InChI=1S/C18H31N2O2P/c1-12(2)20(13(3)4)23(21-9-5-8-19)22-11-16-17-14-6-7-15(10-14)18(16)17/h12-18H,5-7,9-11H2,1-4H3. The molecule has 0 N–H and O–H groups in total. The van der Waals surface area contributed by atoms with E-state index in [1.54, 1.807) is 0 Å². The molecule has 0 aromatic carbocycles. The topological polar surface area (TPSA) is 45.5 Å². The fraction of sp³-hybridized carbons (Fsp3) is 0.944. The summed E-state index contributed by atoms with van der Waals surface area (Å²) in [4.78, 5) is 0. The van der Waals surface area contributed by atoms with Gasteiger partial charge in [0, 0.05) is 12.1 Å². The molecule has 3 saturated carbocycles. The van der Waals surface area contributed by atoms with Gasteiger partial charge in [0.1, 0.15) is 0 Å². The Morgan fingerprint density at radius 3 is 2.22 bits per heavy atom. The van der Waals surface area contributed by atoms with E-state index in [1.165, 1.54) is 19.3 Å². The van der Waals surface area contributed by atoms with Crippen LogP contribution in [0.1, 0.15) is 53.4 Å². The van der Waals surface area contributed by atoms with Crippen LogP contribution in [0.5, 0.6) is 0 Å². The second kappa shape index (κ2) is 7.36. The minimum absolute atomic E-state index is 0.387. The molecule has 2 bridgehead atoms. The van der Waals surface area contributed by atoms with Crippen molar-refractivity contribution in [1.29, 1.82) is 5.26 Å². The van der Waals surface area contributed by atoms with Crippen molar-refractivity contribution in [1.82, 2.24) is 4.67 Å². The number of fused-ring (bicyclic) bond motifs is 5. The molecule has 5 heteroatoms. The quantitative estimate of drug-likeness (QED) is 0.456. The predicted molar refractivity (Wildman–Crippen MR) is 92.5 cm³/mol. The van der Waals surface area contributed by atoms with Crippen molar-refractivity contribution in [2.45, 2.75) is 65.5 Å². The van der Waals surface area contributed by atoms with Crippen LogP contribution in [0.3, 0.4) is 0 Å². The summed E-state index contributed by atoms with van der Waals surface area (Å²) >= 11 is 0. The zero-order valence-corrected chi connectivity index (χ0v) is 15.8. The highest BCUT2D eigenvalue weighted by molar-refractivity contribution is 7.44. The van der Waals surface area contributed by atoms with Crippen LogP contribution in [0.2, 0.25) is 0 Å². The van der Waals surface area contributed by atoms with E-state index in [4.69, 9.17) is 14.3 Å². The maximum Gasteiger partial charge on any atom is 0.259 e. The van der Waals surface area contributed by atoms with E-state index in [0.717, 1.165) is 36.2 Å². The molecule has 3 rings (SSSR count). The molecule has 0 saturated heterocycles. The molecule has 5 unspecified atom stereocenters. The highest BCUT2D eigenvalue weighted by Gasteiger charge is 2.64. The monoisotopic (exact) mass is 338 g/mol. The summed E-state index contributed by atoms with van der Waals surface area (Å²) in [7, 11) is -1.05. The Bertz CT molecular complexity index is 427. The van der Waals surface area contributed by atoms with Crippen molar-refractivity contribution in [3.63, 3.8) is 0 Å². The van der Waals surface area contributed by atoms with Gasteiger partial charge in [-0.15, -0.1) is 0 Å². The van der Waals surface area contributed by atoms with E-state index in [9.17, 15) is 0 Å². The first-order chi connectivity index (χ1) is 11.0. The van der Waals surface area contributed by atoms with Gasteiger partial charge in [0.25, 0.3) is 8.53 Å². The maximum atomic E-state index is 8.76. The summed E-state index contributed by atoms with van der Waals surface area (Å²) in [5.41, 5.74) is 0. The predicted octanol–water partition coefficient (Wildman–Crippen LogP) is 4.57. The molecule has 4 nitrogen and oxygen atoms in total. The second-order valence-corrected chi connectivity index (χ2v) is 9.45. The average Bonchev–Trinajstić information content (AvgIpc) is 2.87. The van der Waals surface area contributed by atoms with E-state index in [1.807, 2.05) is 0 Å². The van der Waals surface area contributed by atoms with E-state index >= 15 is 0 Å². The Kier molecular flexibility index (Phi) is 5.64. The third kappa shape index (κ3) is 3.59. The number of rotatable bonds is 9. The number of hydrogen-bond donors (Lipinski definition) is 0. The van der Waals surface area contributed by atoms with Crippen molar-refractivity contribution >= 4 is 8.53 Å². The Hall–Kier alpha value is -0.200. The summed E-state index contributed by atoms with van der Waals surface area (Å²) in [6.07, 6.45) is 4.84. The molecular formula is C18H31N2O2P. The third-order valence-corrected chi connectivity index (χ3v) is 8.01. The Morgan fingerprint density at radius 1 is 1.09 bits per heavy atom. The Balaban J connectivity index is 1.54. The molecule has 0 radical (unpaired) electrons. The van der Waals surface area contributed by atoms with Crippen molar-refractivity contribution in [3.8, 4) is 6.07 Å². The van der Waals surface area contributed by atoms with Crippen molar-refractivity contribution in [2.75, 3.05) is 13.2 Å². The molecule has 3 aliphatic rings. The summed E-state index contributed by atoms with van der Waals surface area (Å²) in [6.45, 7) is 10.1. The molecule has 0 aromatic heterocycles. The van der Waals surface area contributed by atoms with Gasteiger partial charge in [0.2, 0.25) is 0 Å². The lowest BCUT2D eigenvalue weighted by Crippen LogP contribution is -2.34. The minimum Gasteiger partial charge on any atom is -0.322 e. The zero-order chi connectivity index (χ0) is 16.6. The van der Waals surface area contributed by atoms with Gasteiger partial charge in [0.15, 0.2) is 0 Å². The molecule has 0 spiro atoms. The molecule has 130 valence electrons. The van der Waals surface area contributed by atoms with Crippen molar-refractivity contribution < 1.29 is 9.05 Å². The fourth-order valence-corrected chi connectivity index (χ4v) is 6.84. The Morgan fingerprint density at radius 2 is 1.70 bits per heavy atom. The fourth-order valence-electron chi connectivity index (χ4n) is 5.19. The number of nitrogens with zero attached hydrogens (tertiary/aromatic N) is 2. The summed E-state index contributed by atoms with van der Waals surface area (Å²) in [6, 6.07) is 2.94. The molecule has 3 aliphatic carbocycles. The van der Waals surface area contributed by atoms with Crippen LogP contribution in [-0.2, 0) is 9.05 Å². The van der Waals surface area contributed by atoms with Gasteiger partial charge in [-0.3, -0.25) is 0 Å². The molecule has 23 heavy (non-hydrogen) atoms. The lowest BCUT2D eigenvalue weighted by molar-refractivity contribution is 0.165. The van der Waals surface area contributed by atoms with Crippen LogP contribution < -0.4 is 0 Å². The van der Waals surface area contributed by atoms with Crippen LogP contribution in [0.4, 0.5) is 0 Å². The third-order valence-electron chi connectivity index (χ3n) is 5.93. The summed E-state index contributed by atoms with van der Waals surface area (Å²) in [5.74, 6) is 4.69. The molecule has 0 aliphatic heterocycles. The smallest absolute Gasteiger partial charge is 0.259 e. The van der Waals surface area contributed by atoms with Crippen molar-refractivity contribution in [3.05, 3.63) is 0 Å².